The van der Waals surface area contributed by atoms with Crippen molar-refractivity contribution in [3.05, 3.63) is 68.0 Å². The Morgan fingerprint density at radius 3 is 2.45 bits per heavy atom. The van der Waals surface area contributed by atoms with E-state index in [2.05, 4.69) is 4.98 Å². The Bertz CT molecular complexity index is 1100. The highest BCUT2D eigenvalue weighted by Gasteiger charge is 2.40. The molecule has 1 amide bonds. The molecule has 2 aromatic rings. The van der Waals surface area contributed by atoms with E-state index in [1.54, 1.807) is 31.2 Å². The second-order valence-corrected chi connectivity index (χ2v) is 7.90. The fourth-order valence-electron chi connectivity index (χ4n) is 3.57. The van der Waals surface area contributed by atoms with Gasteiger partial charge in [0.2, 0.25) is 0 Å². The van der Waals surface area contributed by atoms with E-state index in [-0.39, 0.29) is 13.0 Å². The molecule has 1 aliphatic rings. The molecule has 0 bridgehead atoms. The number of nitrogens with zero attached hydrogens (tertiary/aromatic N) is 2. The van der Waals surface area contributed by atoms with Crippen LogP contribution in [0.4, 0.5) is 4.79 Å². The first-order valence-electron chi connectivity index (χ1n) is 10.9. The van der Waals surface area contributed by atoms with Gasteiger partial charge in [-0.3, -0.25) is 14.3 Å². The normalized spacial score (nSPS) is 19.8. The fourth-order valence-corrected chi connectivity index (χ4v) is 3.57. The Labute approximate surface area is 191 Å². The largest absolute Gasteiger partial charge is 0.456 e. The molecule has 1 aliphatic heterocycles. The van der Waals surface area contributed by atoms with Crippen LogP contribution in [0.3, 0.4) is 0 Å². The van der Waals surface area contributed by atoms with Crippen LogP contribution in [0.25, 0.3) is 0 Å². The number of aromatic amines is 1. The molecular formula is C23H29N3O7. The number of amides is 1. The average Bonchev–Trinajstić information content (AvgIpc) is 3.18. The number of hydrogen-bond acceptors (Lipinski definition) is 7. The standard InChI is InChI=1S/C23H29N3O7/c1-5-25(6-2)23(30)31-13-18-17(33-21(28)16-9-7-14(3)8-10-16)11-19(32-18)26-12-15(4)20(27)24-22(26)29/h7-10,12,17-19H,5-6,11,13H2,1-4H3,(H,24,27,29)/t17-,18+,19-/m0/s1. The number of rotatable bonds is 7. The molecule has 0 unspecified atom stereocenters. The van der Waals surface area contributed by atoms with Crippen molar-refractivity contribution in [2.75, 3.05) is 19.7 Å². The van der Waals surface area contributed by atoms with Gasteiger partial charge in [0.25, 0.3) is 5.56 Å². The Hall–Kier alpha value is -3.40. The SMILES string of the molecule is CCN(CC)C(=O)OC[C@H]1O[C@H](n2cc(C)c(=O)[nH]c2=O)C[C@@H]1OC(=O)c1ccc(C)cc1. The third-order valence-corrected chi connectivity index (χ3v) is 5.58. The summed E-state index contributed by atoms with van der Waals surface area (Å²) in [5, 5.41) is 0. The first-order valence-corrected chi connectivity index (χ1v) is 10.9. The molecule has 3 rings (SSSR count). The van der Waals surface area contributed by atoms with Gasteiger partial charge in [-0.2, -0.15) is 0 Å². The Kier molecular flexibility index (Phi) is 7.70. The number of hydrogen-bond donors (Lipinski definition) is 1. The summed E-state index contributed by atoms with van der Waals surface area (Å²) in [6.07, 6.45) is -1.32. The van der Waals surface area contributed by atoms with Crippen molar-refractivity contribution in [3.63, 3.8) is 0 Å². The summed E-state index contributed by atoms with van der Waals surface area (Å²) in [4.78, 5) is 52.8. The average molecular weight is 459 g/mol. The number of carbonyl (C=O) groups excluding carboxylic acids is 2. The number of H-pyrrole nitrogens is 1. The van der Waals surface area contributed by atoms with E-state index in [1.807, 2.05) is 20.8 Å². The molecule has 0 spiro atoms. The van der Waals surface area contributed by atoms with Crippen LogP contribution in [-0.2, 0) is 14.2 Å². The maximum Gasteiger partial charge on any atom is 0.409 e. The smallest absolute Gasteiger partial charge is 0.409 e. The van der Waals surface area contributed by atoms with Crippen molar-refractivity contribution in [2.24, 2.45) is 0 Å². The van der Waals surface area contributed by atoms with Crippen molar-refractivity contribution in [1.82, 2.24) is 14.5 Å². The van der Waals surface area contributed by atoms with Crippen molar-refractivity contribution >= 4 is 12.1 Å². The lowest BCUT2D eigenvalue weighted by atomic mass is 10.1. The molecule has 1 aromatic carbocycles. The van der Waals surface area contributed by atoms with Gasteiger partial charge in [-0.05, 0) is 39.8 Å². The summed E-state index contributed by atoms with van der Waals surface area (Å²) < 4.78 is 18.3. The zero-order chi connectivity index (χ0) is 24.1. The topological polar surface area (TPSA) is 120 Å². The van der Waals surface area contributed by atoms with Crippen molar-refractivity contribution in [2.45, 2.75) is 52.6 Å². The third-order valence-electron chi connectivity index (χ3n) is 5.58. The summed E-state index contributed by atoms with van der Waals surface area (Å²) in [6.45, 7) is 7.97. The van der Waals surface area contributed by atoms with Gasteiger partial charge in [-0.15, -0.1) is 0 Å². The maximum absolute atomic E-state index is 12.7. The van der Waals surface area contributed by atoms with E-state index in [0.717, 1.165) is 5.56 Å². The molecule has 10 heteroatoms. The van der Waals surface area contributed by atoms with Gasteiger partial charge in [-0.1, -0.05) is 17.7 Å². The second kappa shape index (κ2) is 10.5. The van der Waals surface area contributed by atoms with E-state index in [1.165, 1.54) is 15.7 Å². The van der Waals surface area contributed by atoms with Gasteiger partial charge >= 0.3 is 17.8 Å². The molecule has 0 radical (unpaired) electrons. The molecule has 0 aliphatic carbocycles. The van der Waals surface area contributed by atoms with Crippen LogP contribution in [0, 0.1) is 13.8 Å². The van der Waals surface area contributed by atoms with Crippen LogP contribution in [0.15, 0.2) is 40.1 Å². The summed E-state index contributed by atoms with van der Waals surface area (Å²) in [5.41, 5.74) is 0.592. The van der Waals surface area contributed by atoms with Gasteiger partial charge in [-0.25, -0.2) is 14.4 Å². The molecule has 10 nitrogen and oxygen atoms in total. The van der Waals surface area contributed by atoms with E-state index >= 15 is 0 Å². The number of ether oxygens (including phenoxy) is 3. The fraction of sp³-hybridized carbons (Fsp3) is 0.478. The summed E-state index contributed by atoms with van der Waals surface area (Å²) in [7, 11) is 0. The summed E-state index contributed by atoms with van der Waals surface area (Å²) in [6, 6.07) is 6.93. The third kappa shape index (κ3) is 5.70. The van der Waals surface area contributed by atoms with Gasteiger partial charge in [0, 0.05) is 31.3 Å². The molecular weight excluding hydrogens is 430 g/mol. The number of carbonyl (C=O) groups is 2. The summed E-state index contributed by atoms with van der Waals surface area (Å²) >= 11 is 0. The zero-order valence-corrected chi connectivity index (χ0v) is 19.2. The highest BCUT2D eigenvalue weighted by Crippen LogP contribution is 2.31. The number of esters is 1. The lowest BCUT2D eigenvalue weighted by molar-refractivity contribution is -0.0577. The van der Waals surface area contributed by atoms with Gasteiger partial charge in [0.05, 0.1) is 5.56 Å². The van der Waals surface area contributed by atoms with Crippen molar-refractivity contribution in [3.8, 4) is 0 Å². The van der Waals surface area contributed by atoms with E-state index in [4.69, 9.17) is 14.2 Å². The van der Waals surface area contributed by atoms with Crippen LogP contribution in [-0.4, -0.2) is 58.4 Å². The van der Waals surface area contributed by atoms with Crippen LogP contribution in [0.1, 0.15) is 48.0 Å². The minimum atomic E-state index is -0.805. The Morgan fingerprint density at radius 2 is 1.82 bits per heavy atom. The van der Waals surface area contributed by atoms with Gasteiger partial charge in [0.1, 0.15) is 25.0 Å². The molecule has 1 N–H and O–H groups in total. The van der Waals surface area contributed by atoms with Crippen LogP contribution >= 0.6 is 0 Å². The number of aryl methyl sites for hydroxylation is 2. The minimum Gasteiger partial charge on any atom is -0.456 e. The quantitative estimate of drug-likeness (QED) is 0.630. The molecule has 0 saturated carbocycles. The van der Waals surface area contributed by atoms with Gasteiger partial charge < -0.3 is 19.1 Å². The second-order valence-electron chi connectivity index (χ2n) is 7.90. The highest BCUT2D eigenvalue weighted by atomic mass is 16.6. The lowest BCUT2D eigenvalue weighted by Gasteiger charge is -2.22. The van der Waals surface area contributed by atoms with E-state index in [0.29, 0.717) is 24.2 Å². The van der Waals surface area contributed by atoms with Crippen LogP contribution in [0.5, 0.6) is 0 Å². The molecule has 1 saturated heterocycles. The molecule has 2 heterocycles. The Balaban J connectivity index is 1.80. The number of aromatic nitrogens is 2. The molecule has 1 aromatic heterocycles. The number of benzene rings is 1. The minimum absolute atomic E-state index is 0.149. The van der Waals surface area contributed by atoms with Crippen LogP contribution < -0.4 is 11.2 Å². The first-order chi connectivity index (χ1) is 15.7. The number of nitrogens with one attached hydrogen (secondary N) is 1. The van der Waals surface area contributed by atoms with E-state index < -0.39 is 41.7 Å². The monoisotopic (exact) mass is 459 g/mol. The molecule has 33 heavy (non-hydrogen) atoms. The Morgan fingerprint density at radius 1 is 1.15 bits per heavy atom. The summed E-state index contributed by atoms with van der Waals surface area (Å²) in [5.74, 6) is -0.547. The molecule has 1 fully saturated rings. The maximum atomic E-state index is 12.7. The molecule has 178 valence electrons. The van der Waals surface area contributed by atoms with Crippen molar-refractivity contribution in [1.29, 1.82) is 0 Å². The van der Waals surface area contributed by atoms with Gasteiger partial charge in [0.15, 0.2) is 0 Å². The predicted molar refractivity (Wildman–Crippen MR) is 119 cm³/mol. The zero-order valence-electron chi connectivity index (χ0n) is 19.2. The first kappa shape index (κ1) is 24.2. The van der Waals surface area contributed by atoms with E-state index in [9.17, 15) is 19.2 Å². The lowest BCUT2D eigenvalue weighted by Crippen LogP contribution is -2.36. The predicted octanol–water partition coefficient (Wildman–Crippen LogP) is 2.14. The molecule has 3 atom stereocenters. The van der Waals surface area contributed by atoms with Crippen LogP contribution in [0.2, 0.25) is 0 Å². The van der Waals surface area contributed by atoms with Crippen molar-refractivity contribution < 1.29 is 23.8 Å². The highest BCUT2D eigenvalue weighted by molar-refractivity contribution is 5.89.